The smallest absolute Gasteiger partial charge is 0.220 e. The highest BCUT2D eigenvalue weighted by Gasteiger charge is 2.25. The van der Waals surface area contributed by atoms with Crippen molar-refractivity contribution in [1.29, 1.82) is 5.26 Å². The van der Waals surface area contributed by atoms with Crippen LogP contribution in [0.15, 0.2) is 30.5 Å². The van der Waals surface area contributed by atoms with Gasteiger partial charge in [0.25, 0.3) is 0 Å². The van der Waals surface area contributed by atoms with Gasteiger partial charge in [0.1, 0.15) is 6.07 Å². The number of anilines is 1. The summed E-state index contributed by atoms with van der Waals surface area (Å²) < 4.78 is 0. The maximum Gasteiger partial charge on any atom is 0.220 e. The predicted octanol–water partition coefficient (Wildman–Crippen LogP) is 1.81. The zero-order valence-electron chi connectivity index (χ0n) is 11.6. The fourth-order valence-electron chi connectivity index (χ4n) is 2.94. The van der Waals surface area contributed by atoms with E-state index in [2.05, 4.69) is 16.0 Å². The highest BCUT2D eigenvalue weighted by atomic mass is 16.1. The van der Waals surface area contributed by atoms with Crippen molar-refractivity contribution in [3.63, 3.8) is 0 Å². The Morgan fingerprint density at radius 3 is 2.71 bits per heavy atom. The molecular formula is C16H16N4O. The van der Waals surface area contributed by atoms with Crippen LogP contribution in [-0.2, 0) is 4.79 Å². The molecule has 2 N–H and O–H groups in total. The number of benzene rings is 1. The van der Waals surface area contributed by atoms with Crippen LogP contribution in [0.1, 0.15) is 18.4 Å². The summed E-state index contributed by atoms with van der Waals surface area (Å²) in [4.78, 5) is 17.8. The maximum atomic E-state index is 11.3. The van der Waals surface area contributed by atoms with Crippen molar-refractivity contribution in [3.05, 3.63) is 36.0 Å². The summed E-state index contributed by atoms with van der Waals surface area (Å²) in [6, 6.07) is 10.0. The molecule has 2 aromatic rings. The summed E-state index contributed by atoms with van der Waals surface area (Å²) in [6.45, 7) is 1.46. The molecule has 1 saturated heterocycles. The molecule has 5 nitrogen and oxygen atoms in total. The lowest BCUT2D eigenvalue weighted by atomic mass is 9.95. The van der Waals surface area contributed by atoms with Crippen LogP contribution in [0.3, 0.4) is 0 Å². The van der Waals surface area contributed by atoms with Crippen molar-refractivity contribution in [2.75, 3.05) is 18.0 Å². The van der Waals surface area contributed by atoms with Gasteiger partial charge in [0.2, 0.25) is 5.91 Å². The quantitative estimate of drug-likeness (QED) is 0.909. The molecule has 0 spiro atoms. The molecule has 0 saturated carbocycles. The number of carbonyl (C=O) groups excluding carboxylic acids is 1. The fraction of sp³-hybridized carbons (Fsp3) is 0.312. The molecule has 1 aromatic heterocycles. The molecule has 1 amide bonds. The van der Waals surface area contributed by atoms with Gasteiger partial charge in [-0.3, -0.25) is 9.78 Å². The lowest BCUT2D eigenvalue weighted by molar-refractivity contribution is -0.122. The minimum atomic E-state index is -0.227. The second-order valence-electron chi connectivity index (χ2n) is 5.31. The van der Waals surface area contributed by atoms with E-state index in [-0.39, 0.29) is 11.8 Å². The van der Waals surface area contributed by atoms with Crippen molar-refractivity contribution in [3.8, 4) is 6.07 Å². The monoisotopic (exact) mass is 280 g/mol. The Kier molecular flexibility index (Phi) is 3.44. The standard InChI is InChI=1S/C16H16N4O/c17-9-12-10-19-14-4-2-1-3-13(14)15(12)20-7-5-11(6-8-20)16(18)21/h1-4,10-11H,5-8H2,(H2,18,21). The van der Waals surface area contributed by atoms with Crippen LogP contribution < -0.4 is 10.6 Å². The molecule has 5 heteroatoms. The third-order valence-electron chi connectivity index (χ3n) is 4.08. The van der Waals surface area contributed by atoms with Gasteiger partial charge >= 0.3 is 0 Å². The zero-order chi connectivity index (χ0) is 14.8. The second kappa shape index (κ2) is 5.41. The van der Waals surface area contributed by atoms with Gasteiger partial charge in [-0.1, -0.05) is 18.2 Å². The summed E-state index contributed by atoms with van der Waals surface area (Å²) >= 11 is 0. The molecule has 0 radical (unpaired) electrons. The van der Waals surface area contributed by atoms with Crippen LogP contribution in [0.5, 0.6) is 0 Å². The molecule has 1 fully saturated rings. The van der Waals surface area contributed by atoms with Gasteiger partial charge in [-0.25, -0.2) is 0 Å². The predicted molar refractivity (Wildman–Crippen MR) is 80.6 cm³/mol. The van der Waals surface area contributed by atoms with Gasteiger partial charge in [-0.05, 0) is 18.9 Å². The maximum absolute atomic E-state index is 11.3. The van der Waals surface area contributed by atoms with Crippen molar-refractivity contribution >= 4 is 22.5 Å². The topological polar surface area (TPSA) is 83.0 Å². The van der Waals surface area contributed by atoms with Gasteiger partial charge in [-0.15, -0.1) is 0 Å². The van der Waals surface area contributed by atoms with Crippen LogP contribution >= 0.6 is 0 Å². The molecule has 2 heterocycles. The summed E-state index contributed by atoms with van der Waals surface area (Å²) in [5.41, 5.74) is 7.75. The van der Waals surface area contributed by atoms with E-state index in [9.17, 15) is 10.1 Å². The van der Waals surface area contributed by atoms with Gasteiger partial charge in [0, 0.05) is 30.6 Å². The number of fused-ring (bicyclic) bond motifs is 1. The van der Waals surface area contributed by atoms with E-state index in [1.807, 2.05) is 24.3 Å². The number of hydrogen-bond acceptors (Lipinski definition) is 4. The largest absolute Gasteiger partial charge is 0.370 e. The second-order valence-corrected chi connectivity index (χ2v) is 5.31. The van der Waals surface area contributed by atoms with E-state index in [1.165, 1.54) is 0 Å². The number of pyridine rings is 1. The van der Waals surface area contributed by atoms with E-state index in [0.29, 0.717) is 5.56 Å². The van der Waals surface area contributed by atoms with E-state index < -0.39 is 0 Å². The summed E-state index contributed by atoms with van der Waals surface area (Å²) in [7, 11) is 0. The molecular weight excluding hydrogens is 264 g/mol. The number of primary amides is 1. The number of carbonyl (C=O) groups is 1. The van der Waals surface area contributed by atoms with Gasteiger partial charge in [0.05, 0.1) is 16.8 Å². The lowest BCUT2D eigenvalue weighted by Crippen LogP contribution is -2.39. The Morgan fingerprint density at radius 1 is 1.33 bits per heavy atom. The normalized spacial score (nSPS) is 15.9. The van der Waals surface area contributed by atoms with Crippen LogP contribution in [0.2, 0.25) is 0 Å². The minimum absolute atomic E-state index is 0.0557. The summed E-state index contributed by atoms with van der Waals surface area (Å²) in [6.07, 6.45) is 3.09. The first-order valence-corrected chi connectivity index (χ1v) is 7.03. The Balaban J connectivity index is 2.00. The Morgan fingerprint density at radius 2 is 2.05 bits per heavy atom. The Labute approximate surface area is 123 Å². The molecule has 106 valence electrons. The lowest BCUT2D eigenvalue weighted by Gasteiger charge is -2.33. The van der Waals surface area contributed by atoms with E-state index in [0.717, 1.165) is 42.5 Å². The van der Waals surface area contributed by atoms with E-state index in [4.69, 9.17) is 5.73 Å². The van der Waals surface area contributed by atoms with E-state index in [1.54, 1.807) is 6.20 Å². The molecule has 21 heavy (non-hydrogen) atoms. The number of para-hydroxylation sites is 1. The van der Waals surface area contributed by atoms with Crippen LogP contribution in [0, 0.1) is 17.2 Å². The summed E-state index contributed by atoms with van der Waals surface area (Å²) in [5, 5.41) is 10.3. The highest BCUT2D eigenvalue weighted by molar-refractivity contribution is 5.94. The number of nitrogens with two attached hydrogens (primary N) is 1. The minimum Gasteiger partial charge on any atom is -0.370 e. The van der Waals surface area contributed by atoms with Gasteiger partial charge in [0.15, 0.2) is 0 Å². The number of rotatable bonds is 2. The number of hydrogen-bond donors (Lipinski definition) is 1. The van der Waals surface area contributed by atoms with Crippen LogP contribution in [0.25, 0.3) is 10.9 Å². The average Bonchev–Trinajstić information content (AvgIpc) is 2.53. The number of nitrogens with zero attached hydrogens (tertiary/aromatic N) is 3. The first-order valence-electron chi connectivity index (χ1n) is 7.03. The van der Waals surface area contributed by atoms with Gasteiger partial charge in [-0.2, -0.15) is 5.26 Å². The average molecular weight is 280 g/mol. The highest BCUT2D eigenvalue weighted by Crippen LogP contribution is 2.32. The van der Waals surface area contributed by atoms with Crippen molar-refractivity contribution in [2.24, 2.45) is 11.7 Å². The first-order chi connectivity index (χ1) is 10.2. The third-order valence-corrected chi connectivity index (χ3v) is 4.08. The molecule has 0 bridgehead atoms. The molecule has 0 aliphatic carbocycles. The number of aromatic nitrogens is 1. The SMILES string of the molecule is N#Cc1cnc2ccccc2c1N1CCC(C(N)=O)CC1. The summed E-state index contributed by atoms with van der Waals surface area (Å²) in [5.74, 6) is -0.283. The van der Waals surface area contributed by atoms with Crippen molar-refractivity contribution in [1.82, 2.24) is 4.98 Å². The molecule has 1 aromatic carbocycles. The first kappa shape index (κ1) is 13.4. The van der Waals surface area contributed by atoms with Crippen molar-refractivity contribution < 1.29 is 4.79 Å². The van der Waals surface area contributed by atoms with Crippen LogP contribution in [-0.4, -0.2) is 24.0 Å². The number of nitriles is 1. The Bertz CT molecular complexity index is 727. The molecule has 0 unspecified atom stereocenters. The third kappa shape index (κ3) is 2.40. The number of piperidine rings is 1. The molecule has 1 aliphatic heterocycles. The van der Waals surface area contributed by atoms with Crippen molar-refractivity contribution in [2.45, 2.75) is 12.8 Å². The Hall–Kier alpha value is -2.61. The van der Waals surface area contributed by atoms with Gasteiger partial charge < -0.3 is 10.6 Å². The number of amides is 1. The molecule has 1 aliphatic rings. The molecule has 3 rings (SSSR count). The van der Waals surface area contributed by atoms with Crippen LogP contribution in [0.4, 0.5) is 5.69 Å². The zero-order valence-corrected chi connectivity index (χ0v) is 11.6. The fourth-order valence-corrected chi connectivity index (χ4v) is 2.94. The van der Waals surface area contributed by atoms with E-state index >= 15 is 0 Å². The molecule has 0 atom stereocenters.